The summed E-state index contributed by atoms with van der Waals surface area (Å²) in [6.07, 6.45) is 2.22. The highest BCUT2D eigenvalue weighted by Crippen LogP contribution is 2.21. The number of nitrogens with zero attached hydrogens (tertiary/aromatic N) is 2. The van der Waals surface area contributed by atoms with Gasteiger partial charge in [0.25, 0.3) is 0 Å². The zero-order chi connectivity index (χ0) is 17.5. The Morgan fingerprint density at radius 2 is 1.68 bits per heavy atom. The van der Waals surface area contributed by atoms with Crippen molar-refractivity contribution in [2.24, 2.45) is 0 Å². The molecule has 3 aromatic rings. The van der Waals surface area contributed by atoms with Gasteiger partial charge < -0.3 is 15.9 Å². The molecule has 128 valence electrons. The van der Waals surface area contributed by atoms with Crippen molar-refractivity contribution in [3.05, 3.63) is 72.1 Å². The van der Waals surface area contributed by atoms with Gasteiger partial charge in [-0.25, -0.2) is 15.4 Å². The van der Waals surface area contributed by atoms with Gasteiger partial charge >= 0.3 is 0 Å². The van der Waals surface area contributed by atoms with Crippen molar-refractivity contribution >= 4 is 11.6 Å². The number of hydrazine groups is 1. The monoisotopic (exact) mass is 335 g/mol. The SMILES string of the molecule is CCc1c(N)ncnc1NNCc1ccc(Oc2ccccc2)cc1. The Kier molecular flexibility index (Phi) is 5.43. The quantitative estimate of drug-likeness (QED) is 0.573. The van der Waals surface area contributed by atoms with Gasteiger partial charge in [-0.15, -0.1) is 0 Å². The Labute approximate surface area is 147 Å². The van der Waals surface area contributed by atoms with Gasteiger partial charge in [0.05, 0.1) is 0 Å². The number of nitrogens with two attached hydrogens (primary N) is 1. The summed E-state index contributed by atoms with van der Waals surface area (Å²) in [5.74, 6) is 2.84. The molecule has 0 atom stereocenters. The van der Waals surface area contributed by atoms with Gasteiger partial charge in [0, 0.05) is 12.1 Å². The predicted molar refractivity (Wildman–Crippen MR) is 99.2 cm³/mol. The molecule has 0 saturated heterocycles. The number of rotatable bonds is 7. The van der Waals surface area contributed by atoms with Crippen LogP contribution in [0, 0.1) is 0 Å². The van der Waals surface area contributed by atoms with Crippen molar-refractivity contribution in [1.82, 2.24) is 15.4 Å². The van der Waals surface area contributed by atoms with Crippen LogP contribution in [0.15, 0.2) is 60.9 Å². The fourth-order valence-corrected chi connectivity index (χ4v) is 2.41. The van der Waals surface area contributed by atoms with Crippen LogP contribution in [0.5, 0.6) is 11.5 Å². The molecular weight excluding hydrogens is 314 g/mol. The Balaban J connectivity index is 1.55. The number of nitrogens with one attached hydrogen (secondary N) is 2. The molecule has 1 aromatic heterocycles. The standard InChI is InChI=1S/C19H21N5O/c1-2-17-18(20)21-13-22-19(17)24-23-12-14-8-10-16(11-9-14)25-15-6-4-3-5-7-15/h3-11,13,23H,2,12H2,1H3,(H3,20,21,22,24). The van der Waals surface area contributed by atoms with E-state index in [0.717, 1.165) is 29.0 Å². The molecule has 6 heteroatoms. The Morgan fingerprint density at radius 3 is 2.40 bits per heavy atom. The highest BCUT2D eigenvalue weighted by atomic mass is 16.5. The number of ether oxygens (including phenoxy) is 1. The summed E-state index contributed by atoms with van der Waals surface area (Å²) in [6, 6.07) is 17.6. The zero-order valence-corrected chi connectivity index (χ0v) is 14.1. The zero-order valence-electron chi connectivity index (χ0n) is 14.1. The van der Waals surface area contributed by atoms with Gasteiger partial charge in [-0.3, -0.25) is 0 Å². The molecule has 0 aliphatic carbocycles. The van der Waals surface area contributed by atoms with Gasteiger partial charge in [0.2, 0.25) is 0 Å². The lowest BCUT2D eigenvalue weighted by Gasteiger charge is -2.12. The number of aromatic nitrogens is 2. The van der Waals surface area contributed by atoms with Crippen LogP contribution in [0.3, 0.4) is 0 Å². The minimum atomic E-state index is 0.504. The normalized spacial score (nSPS) is 10.4. The van der Waals surface area contributed by atoms with Crippen LogP contribution in [-0.4, -0.2) is 9.97 Å². The summed E-state index contributed by atoms with van der Waals surface area (Å²) in [5, 5.41) is 0. The van der Waals surface area contributed by atoms with E-state index >= 15 is 0 Å². The average Bonchev–Trinajstić information content (AvgIpc) is 2.64. The maximum absolute atomic E-state index is 5.86. The van der Waals surface area contributed by atoms with Gasteiger partial charge in [-0.05, 0) is 36.2 Å². The van der Waals surface area contributed by atoms with Crippen LogP contribution < -0.4 is 21.3 Å². The average molecular weight is 335 g/mol. The third-order valence-electron chi connectivity index (χ3n) is 3.73. The first kappa shape index (κ1) is 16.7. The fourth-order valence-electron chi connectivity index (χ4n) is 2.41. The largest absolute Gasteiger partial charge is 0.457 e. The molecule has 0 fully saturated rings. The van der Waals surface area contributed by atoms with Crippen molar-refractivity contribution < 1.29 is 4.74 Å². The summed E-state index contributed by atoms with van der Waals surface area (Å²) >= 11 is 0. The fraction of sp³-hybridized carbons (Fsp3) is 0.158. The van der Waals surface area contributed by atoms with Gasteiger partial charge in [-0.1, -0.05) is 37.3 Å². The Bertz CT molecular complexity index is 806. The van der Waals surface area contributed by atoms with Crippen molar-refractivity contribution in [2.45, 2.75) is 19.9 Å². The van der Waals surface area contributed by atoms with Crippen molar-refractivity contribution in [3.63, 3.8) is 0 Å². The molecule has 0 amide bonds. The minimum absolute atomic E-state index is 0.504. The second kappa shape index (κ2) is 8.12. The number of benzene rings is 2. The van der Waals surface area contributed by atoms with Gasteiger partial charge in [-0.2, -0.15) is 0 Å². The summed E-state index contributed by atoms with van der Waals surface area (Å²) in [4.78, 5) is 8.22. The highest BCUT2D eigenvalue weighted by Gasteiger charge is 2.06. The lowest BCUT2D eigenvalue weighted by molar-refractivity contribution is 0.482. The summed E-state index contributed by atoms with van der Waals surface area (Å²) in [7, 11) is 0. The summed E-state index contributed by atoms with van der Waals surface area (Å²) in [6.45, 7) is 2.66. The molecule has 0 unspecified atom stereocenters. The molecule has 3 rings (SSSR count). The first-order valence-corrected chi connectivity index (χ1v) is 8.16. The van der Waals surface area contributed by atoms with Crippen LogP contribution in [0.25, 0.3) is 0 Å². The van der Waals surface area contributed by atoms with E-state index in [1.807, 2.05) is 61.5 Å². The summed E-state index contributed by atoms with van der Waals surface area (Å²) in [5.41, 5.74) is 14.1. The van der Waals surface area contributed by atoms with Gasteiger partial charge in [0.1, 0.15) is 29.5 Å². The maximum Gasteiger partial charge on any atom is 0.148 e. The number of hydrogen-bond donors (Lipinski definition) is 3. The van der Waals surface area contributed by atoms with Crippen LogP contribution in [0.1, 0.15) is 18.1 Å². The first-order chi connectivity index (χ1) is 12.3. The highest BCUT2D eigenvalue weighted by molar-refractivity contribution is 5.54. The molecule has 25 heavy (non-hydrogen) atoms. The lowest BCUT2D eigenvalue weighted by Crippen LogP contribution is -2.23. The van der Waals surface area contributed by atoms with Crippen molar-refractivity contribution in [1.29, 1.82) is 0 Å². The minimum Gasteiger partial charge on any atom is -0.457 e. The molecule has 1 heterocycles. The van der Waals surface area contributed by atoms with Crippen molar-refractivity contribution in [3.8, 4) is 11.5 Å². The number of hydrogen-bond acceptors (Lipinski definition) is 6. The smallest absolute Gasteiger partial charge is 0.148 e. The molecule has 6 nitrogen and oxygen atoms in total. The molecular formula is C19H21N5O. The van der Waals surface area contributed by atoms with Crippen LogP contribution in [-0.2, 0) is 13.0 Å². The third kappa shape index (κ3) is 4.45. The molecule has 0 bridgehead atoms. The van der Waals surface area contributed by atoms with E-state index in [4.69, 9.17) is 10.5 Å². The molecule has 0 aliphatic rings. The second-order valence-corrected chi connectivity index (χ2v) is 5.48. The van der Waals surface area contributed by atoms with E-state index in [2.05, 4.69) is 20.8 Å². The van der Waals surface area contributed by atoms with E-state index < -0.39 is 0 Å². The van der Waals surface area contributed by atoms with E-state index in [0.29, 0.717) is 18.2 Å². The van der Waals surface area contributed by atoms with E-state index in [-0.39, 0.29) is 0 Å². The molecule has 4 N–H and O–H groups in total. The first-order valence-electron chi connectivity index (χ1n) is 8.16. The van der Waals surface area contributed by atoms with Crippen LogP contribution in [0.4, 0.5) is 11.6 Å². The number of anilines is 2. The number of para-hydroxylation sites is 1. The molecule has 0 aliphatic heterocycles. The molecule has 0 radical (unpaired) electrons. The maximum atomic E-state index is 5.86. The summed E-state index contributed by atoms with van der Waals surface area (Å²) < 4.78 is 5.78. The predicted octanol–water partition coefficient (Wildman–Crippen LogP) is 3.53. The van der Waals surface area contributed by atoms with Gasteiger partial charge in [0.15, 0.2) is 0 Å². The molecule has 0 saturated carbocycles. The second-order valence-electron chi connectivity index (χ2n) is 5.48. The Morgan fingerprint density at radius 1 is 0.960 bits per heavy atom. The van der Waals surface area contributed by atoms with E-state index in [9.17, 15) is 0 Å². The third-order valence-corrected chi connectivity index (χ3v) is 3.73. The van der Waals surface area contributed by atoms with Crippen LogP contribution >= 0.6 is 0 Å². The lowest BCUT2D eigenvalue weighted by atomic mass is 10.2. The molecule has 2 aromatic carbocycles. The van der Waals surface area contributed by atoms with Crippen LogP contribution in [0.2, 0.25) is 0 Å². The van der Waals surface area contributed by atoms with E-state index in [1.54, 1.807) is 0 Å². The topological polar surface area (TPSA) is 85.1 Å². The van der Waals surface area contributed by atoms with Crippen molar-refractivity contribution in [2.75, 3.05) is 11.2 Å². The van der Waals surface area contributed by atoms with E-state index in [1.165, 1.54) is 6.33 Å². The Hall–Kier alpha value is -3.12. The molecule has 0 spiro atoms. The number of nitrogen functional groups attached to an aromatic ring is 1.